The predicted molar refractivity (Wildman–Crippen MR) is 40.0 cm³/mol. The largest absolute Gasteiger partial charge is 0.455 e. The van der Waals surface area contributed by atoms with Crippen molar-refractivity contribution in [3.8, 4) is 0 Å². The summed E-state index contributed by atoms with van der Waals surface area (Å²) in [6.07, 6.45) is -5.59. The Labute approximate surface area is 77.5 Å². The van der Waals surface area contributed by atoms with Gasteiger partial charge in [-0.2, -0.15) is 22.0 Å². The molecule has 0 aliphatic carbocycles. The van der Waals surface area contributed by atoms with Crippen molar-refractivity contribution >= 4 is 0 Å². The van der Waals surface area contributed by atoms with Crippen molar-refractivity contribution in [2.45, 2.75) is 12.1 Å². The molecule has 0 bridgehead atoms. The molecule has 14 heavy (non-hydrogen) atoms. The van der Waals surface area contributed by atoms with Crippen molar-refractivity contribution < 1.29 is 26.7 Å². The molecule has 0 aliphatic rings. The Morgan fingerprint density at radius 1 is 1.21 bits per heavy atom. The molecule has 84 valence electrons. The number of ether oxygens (including phenoxy) is 1. The van der Waals surface area contributed by atoms with Crippen LogP contribution >= 0.6 is 0 Å². The summed E-state index contributed by atoms with van der Waals surface area (Å²) in [5.74, 6) is -4.83. The standard InChI is InChI=1S/C7H10F5NO/c1-5(2-13)3-14-4-6(8,9)7(10,11)12/h1-4,13H2. The van der Waals surface area contributed by atoms with Crippen molar-refractivity contribution in [1.29, 1.82) is 0 Å². The van der Waals surface area contributed by atoms with Crippen molar-refractivity contribution in [2.75, 3.05) is 19.8 Å². The van der Waals surface area contributed by atoms with Crippen LogP contribution in [-0.4, -0.2) is 31.9 Å². The van der Waals surface area contributed by atoms with Crippen LogP contribution in [0.25, 0.3) is 0 Å². The van der Waals surface area contributed by atoms with E-state index in [1.54, 1.807) is 0 Å². The van der Waals surface area contributed by atoms with E-state index in [4.69, 9.17) is 5.73 Å². The van der Waals surface area contributed by atoms with Gasteiger partial charge >= 0.3 is 12.1 Å². The van der Waals surface area contributed by atoms with Gasteiger partial charge < -0.3 is 10.5 Å². The minimum Gasteiger partial charge on any atom is -0.370 e. The smallest absolute Gasteiger partial charge is 0.370 e. The third-order valence-electron chi connectivity index (χ3n) is 1.29. The van der Waals surface area contributed by atoms with Gasteiger partial charge in [0.1, 0.15) is 6.61 Å². The number of nitrogens with two attached hydrogens (primary N) is 1. The zero-order chi connectivity index (χ0) is 11.4. The van der Waals surface area contributed by atoms with Crippen LogP contribution in [0.3, 0.4) is 0 Å². The van der Waals surface area contributed by atoms with Gasteiger partial charge in [-0.25, -0.2) is 0 Å². The molecule has 0 aromatic rings. The van der Waals surface area contributed by atoms with Crippen molar-refractivity contribution in [2.24, 2.45) is 5.73 Å². The third-order valence-corrected chi connectivity index (χ3v) is 1.29. The molecule has 2 N–H and O–H groups in total. The third kappa shape index (κ3) is 4.01. The molecule has 0 aromatic heterocycles. The maximum absolute atomic E-state index is 12.2. The van der Waals surface area contributed by atoms with Gasteiger partial charge in [0.15, 0.2) is 0 Å². The molecule has 0 atom stereocenters. The Bertz CT molecular complexity index is 201. The quantitative estimate of drug-likeness (QED) is 0.564. The van der Waals surface area contributed by atoms with E-state index in [2.05, 4.69) is 11.3 Å². The van der Waals surface area contributed by atoms with E-state index in [1.165, 1.54) is 0 Å². The van der Waals surface area contributed by atoms with Gasteiger partial charge in [-0.05, 0) is 5.57 Å². The van der Waals surface area contributed by atoms with E-state index < -0.39 is 25.3 Å². The van der Waals surface area contributed by atoms with E-state index in [9.17, 15) is 22.0 Å². The number of hydrogen-bond donors (Lipinski definition) is 1. The van der Waals surface area contributed by atoms with Gasteiger partial charge in [0.2, 0.25) is 0 Å². The first kappa shape index (κ1) is 13.3. The molecular weight excluding hydrogens is 209 g/mol. The van der Waals surface area contributed by atoms with E-state index in [0.29, 0.717) is 0 Å². The molecule has 2 nitrogen and oxygen atoms in total. The van der Waals surface area contributed by atoms with Crippen molar-refractivity contribution in [1.82, 2.24) is 0 Å². The lowest BCUT2D eigenvalue weighted by Crippen LogP contribution is -2.41. The van der Waals surface area contributed by atoms with E-state index in [1.807, 2.05) is 0 Å². The van der Waals surface area contributed by atoms with Crippen LogP contribution in [0.1, 0.15) is 0 Å². The molecule has 0 fully saturated rings. The lowest BCUT2D eigenvalue weighted by molar-refractivity contribution is -0.296. The predicted octanol–water partition coefficient (Wildman–Crippen LogP) is 1.72. The SMILES string of the molecule is C=C(CN)COCC(F)(F)C(F)(F)F. The normalized spacial score (nSPS) is 13.0. The fourth-order valence-electron chi connectivity index (χ4n) is 0.464. The Kier molecular flexibility index (Phi) is 4.47. The van der Waals surface area contributed by atoms with E-state index in [0.717, 1.165) is 0 Å². The highest BCUT2D eigenvalue weighted by molar-refractivity contribution is 4.95. The average molecular weight is 219 g/mol. The van der Waals surface area contributed by atoms with Crippen LogP contribution in [0, 0.1) is 0 Å². The molecule has 0 radical (unpaired) electrons. The molecule has 0 heterocycles. The van der Waals surface area contributed by atoms with Crippen LogP contribution in [-0.2, 0) is 4.74 Å². The summed E-state index contributed by atoms with van der Waals surface area (Å²) < 4.78 is 63.2. The molecule has 0 rings (SSSR count). The summed E-state index contributed by atoms with van der Waals surface area (Å²) >= 11 is 0. The summed E-state index contributed by atoms with van der Waals surface area (Å²) in [7, 11) is 0. The number of hydrogen-bond acceptors (Lipinski definition) is 2. The highest BCUT2D eigenvalue weighted by atomic mass is 19.4. The van der Waals surface area contributed by atoms with Gasteiger partial charge in [-0.1, -0.05) is 6.58 Å². The lowest BCUT2D eigenvalue weighted by atomic mass is 10.3. The van der Waals surface area contributed by atoms with Crippen LogP contribution in [0.15, 0.2) is 12.2 Å². The highest BCUT2D eigenvalue weighted by Crippen LogP contribution is 2.35. The monoisotopic (exact) mass is 219 g/mol. The first-order chi connectivity index (χ1) is 6.20. The molecular formula is C7H10F5NO. The number of alkyl halides is 5. The minimum atomic E-state index is -5.59. The molecule has 0 amide bonds. The zero-order valence-electron chi connectivity index (χ0n) is 7.20. The van der Waals surface area contributed by atoms with E-state index in [-0.39, 0.29) is 12.1 Å². The van der Waals surface area contributed by atoms with Crippen LogP contribution < -0.4 is 5.73 Å². The van der Waals surface area contributed by atoms with E-state index >= 15 is 0 Å². The minimum absolute atomic E-state index is 0.0163. The van der Waals surface area contributed by atoms with Gasteiger partial charge in [0.05, 0.1) is 6.61 Å². The summed E-state index contributed by atoms with van der Waals surface area (Å²) in [5, 5.41) is 0. The first-order valence-corrected chi connectivity index (χ1v) is 3.59. The Morgan fingerprint density at radius 3 is 2.07 bits per heavy atom. The summed E-state index contributed by atoms with van der Waals surface area (Å²) in [5.41, 5.74) is 5.27. The van der Waals surface area contributed by atoms with Crippen LogP contribution in [0.2, 0.25) is 0 Å². The number of halogens is 5. The zero-order valence-corrected chi connectivity index (χ0v) is 7.20. The maximum atomic E-state index is 12.2. The molecule has 0 saturated heterocycles. The van der Waals surface area contributed by atoms with Crippen molar-refractivity contribution in [3.63, 3.8) is 0 Å². The van der Waals surface area contributed by atoms with Crippen molar-refractivity contribution in [3.05, 3.63) is 12.2 Å². The fourth-order valence-corrected chi connectivity index (χ4v) is 0.464. The van der Waals surface area contributed by atoms with Gasteiger partial charge in [-0.15, -0.1) is 0 Å². The molecule has 0 spiro atoms. The Morgan fingerprint density at radius 2 is 1.71 bits per heavy atom. The maximum Gasteiger partial charge on any atom is 0.455 e. The van der Waals surface area contributed by atoms with Gasteiger partial charge in [0, 0.05) is 6.54 Å². The first-order valence-electron chi connectivity index (χ1n) is 3.59. The second kappa shape index (κ2) is 4.70. The Hall–Kier alpha value is -0.690. The topological polar surface area (TPSA) is 35.2 Å². The summed E-state index contributed by atoms with van der Waals surface area (Å²) in [6, 6.07) is 0. The van der Waals surface area contributed by atoms with Gasteiger partial charge in [-0.3, -0.25) is 0 Å². The fraction of sp³-hybridized carbons (Fsp3) is 0.714. The molecule has 0 saturated carbocycles. The average Bonchev–Trinajstić information content (AvgIpc) is 2.01. The second-order valence-electron chi connectivity index (χ2n) is 2.65. The summed E-state index contributed by atoms with van der Waals surface area (Å²) in [6.45, 7) is 1.15. The lowest BCUT2D eigenvalue weighted by Gasteiger charge is -2.19. The molecule has 0 unspecified atom stereocenters. The molecule has 7 heteroatoms. The highest BCUT2D eigenvalue weighted by Gasteiger charge is 2.57. The van der Waals surface area contributed by atoms with Gasteiger partial charge in [0.25, 0.3) is 0 Å². The Balaban J connectivity index is 3.95. The van der Waals surface area contributed by atoms with Crippen LogP contribution in [0.5, 0.6) is 0 Å². The molecule has 0 aromatic carbocycles. The second-order valence-corrected chi connectivity index (χ2v) is 2.65. The molecule has 0 aliphatic heterocycles. The van der Waals surface area contributed by atoms with Crippen LogP contribution in [0.4, 0.5) is 22.0 Å². The summed E-state index contributed by atoms with van der Waals surface area (Å²) in [4.78, 5) is 0. The number of rotatable bonds is 5.